The number of hydrogen-bond donors (Lipinski definition) is 2. The van der Waals surface area contributed by atoms with Gasteiger partial charge in [-0.05, 0) is 37.8 Å². The van der Waals surface area contributed by atoms with Gasteiger partial charge in [0.05, 0.1) is 30.9 Å². The van der Waals surface area contributed by atoms with Gasteiger partial charge in [0.1, 0.15) is 17.5 Å². The van der Waals surface area contributed by atoms with Gasteiger partial charge in [-0.25, -0.2) is 4.98 Å². The molecule has 2 aromatic rings. The van der Waals surface area contributed by atoms with Crippen LogP contribution in [0, 0.1) is 11.3 Å². The molecule has 1 saturated carbocycles. The SMILES string of the molecule is CCC(C)=Cc1c(C2(C#N)CCCC2)cc(N2CCOCC2)nc1Nc1ccn[nH]1. The van der Waals surface area contributed by atoms with Crippen molar-refractivity contribution in [2.45, 2.75) is 51.4 Å². The van der Waals surface area contributed by atoms with Gasteiger partial charge >= 0.3 is 0 Å². The van der Waals surface area contributed by atoms with Gasteiger partial charge in [0.2, 0.25) is 0 Å². The van der Waals surface area contributed by atoms with Crippen molar-refractivity contribution in [1.29, 1.82) is 5.26 Å². The highest BCUT2D eigenvalue weighted by Crippen LogP contribution is 2.45. The minimum atomic E-state index is -0.464. The summed E-state index contributed by atoms with van der Waals surface area (Å²) in [6.07, 6.45) is 8.83. The molecule has 7 nitrogen and oxygen atoms in total. The Balaban J connectivity index is 1.90. The molecule has 0 amide bonds. The Hall–Kier alpha value is -2.85. The predicted molar refractivity (Wildman–Crippen MR) is 119 cm³/mol. The summed E-state index contributed by atoms with van der Waals surface area (Å²) in [5.74, 6) is 2.46. The summed E-state index contributed by atoms with van der Waals surface area (Å²) in [7, 11) is 0. The highest BCUT2D eigenvalue weighted by Gasteiger charge is 2.39. The lowest BCUT2D eigenvalue weighted by atomic mass is 9.77. The first-order chi connectivity index (χ1) is 14.6. The molecule has 1 saturated heterocycles. The zero-order valence-corrected chi connectivity index (χ0v) is 17.9. The fraction of sp³-hybridized carbons (Fsp3) is 0.522. The van der Waals surface area contributed by atoms with E-state index in [0.717, 1.165) is 73.8 Å². The van der Waals surface area contributed by atoms with E-state index in [1.807, 2.05) is 6.07 Å². The topological polar surface area (TPSA) is 89.9 Å². The number of hydrogen-bond acceptors (Lipinski definition) is 6. The van der Waals surface area contributed by atoms with Crippen LogP contribution in [0.5, 0.6) is 0 Å². The number of aromatic amines is 1. The lowest BCUT2D eigenvalue weighted by molar-refractivity contribution is 0.122. The van der Waals surface area contributed by atoms with E-state index in [4.69, 9.17) is 9.72 Å². The average molecular weight is 407 g/mol. The van der Waals surface area contributed by atoms with E-state index in [-0.39, 0.29) is 0 Å². The smallest absolute Gasteiger partial charge is 0.141 e. The van der Waals surface area contributed by atoms with Crippen LogP contribution in [-0.2, 0) is 10.2 Å². The normalized spacial score (nSPS) is 19.0. The highest BCUT2D eigenvalue weighted by molar-refractivity contribution is 5.75. The molecule has 0 unspecified atom stereocenters. The molecule has 0 radical (unpaired) electrons. The molecule has 30 heavy (non-hydrogen) atoms. The summed E-state index contributed by atoms with van der Waals surface area (Å²) >= 11 is 0. The number of allylic oxidation sites excluding steroid dienone is 1. The summed E-state index contributed by atoms with van der Waals surface area (Å²) in [6, 6.07) is 6.74. The van der Waals surface area contributed by atoms with Crippen molar-refractivity contribution in [2.24, 2.45) is 0 Å². The number of rotatable bonds is 6. The van der Waals surface area contributed by atoms with E-state index in [1.54, 1.807) is 6.20 Å². The average Bonchev–Trinajstić information content (AvgIpc) is 3.48. The molecule has 1 aliphatic carbocycles. The van der Waals surface area contributed by atoms with Gasteiger partial charge in [-0.1, -0.05) is 31.4 Å². The van der Waals surface area contributed by atoms with Crippen LogP contribution in [0.1, 0.15) is 57.1 Å². The van der Waals surface area contributed by atoms with E-state index < -0.39 is 5.41 Å². The predicted octanol–water partition coefficient (Wildman–Crippen LogP) is 4.53. The van der Waals surface area contributed by atoms with Crippen LogP contribution < -0.4 is 10.2 Å². The Kier molecular flexibility index (Phi) is 6.05. The number of H-pyrrole nitrogens is 1. The Morgan fingerprint density at radius 3 is 2.77 bits per heavy atom. The zero-order valence-electron chi connectivity index (χ0n) is 17.9. The lowest BCUT2D eigenvalue weighted by Crippen LogP contribution is -2.37. The third-order valence-electron chi connectivity index (χ3n) is 6.27. The summed E-state index contributed by atoms with van der Waals surface area (Å²) < 4.78 is 5.54. The van der Waals surface area contributed by atoms with E-state index in [2.05, 4.69) is 52.5 Å². The maximum absolute atomic E-state index is 10.3. The fourth-order valence-corrected chi connectivity index (χ4v) is 4.35. The molecular formula is C23H30N6O. The number of nitrogens with zero attached hydrogens (tertiary/aromatic N) is 4. The molecule has 1 aliphatic heterocycles. The van der Waals surface area contributed by atoms with Gasteiger partial charge in [-0.3, -0.25) is 5.10 Å². The molecule has 0 spiro atoms. The summed E-state index contributed by atoms with van der Waals surface area (Å²) in [6.45, 7) is 7.28. The van der Waals surface area contributed by atoms with Gasteiger partial charge in [0, 0.05) is 24.7 Å². The van der Waals surface area contributed by atoms with Gasteiger partial charge in [-0.2, -0.15) is 10.4 Å². The first-order valence-corrected chi connectivity index (χ1v) is 10.9. The Labute approximate surface area is 178 Å². The summed E-state index contributed by atoms with van der Waals surface area (Å²) in [4.78, 5) is 7.27. The zero-order chi connectivity index (χ0) is 21.0. The van der Waals surface area contributed by atoms with Crippen LogP contribution in [0.3, 0.4) is 0 Å². The van der Waals surface area contributed by atoms with Crippen LogP contribution in [0.25, 0.3) is 6.08 Å². The van der Waals surface area contributed by atoms with Crippen molar-refractivity contribution < 1.29 is 4.74 Å². The molecule has 2 N–H and O–H groups in total. The van der Waals surface area contributed by atoms with Crippen molar-refractivity contribution in [3.8, 4) is 6.07 Å². The van der Waals surface area contributed by atoms with Crippen molar-refractivity contribution in [3.63, 3.8) is 0 Å². The van der Waals surface area contributed by atoms with Crippen LogP contribution in [0.2, 0.25) is 0 Å². The second kappa shape index (κ2) is 8.88. The van der Waals surface area contributed by atoms with E-state index in [9.17, 15) is 5.26 Å². The number of morpholine rings is 1. The highest BCUT2D eigenvalue weighted by atomic mass is 16.5. The van der Waals surface area contributed by atoms with Crippen molar-refractivity contribution in [1.82, 2.24) is 15.2 Å². The number of anilines is 3. The number of aromatic nitrogens is 3. The Morgan fingerprint density at radius 2 is 2.13 bits per heavy atom. The molecule has 7 heteroatoms. The molecule has 3 heterocycles. The number of pyridine rings is 1. The monoisotopic (exact) mass is 406 g/mol. The van der Waals surface area contributed by atoms with Crippen molar-refractivity contribution in [2.75, 3.05) is 36.5 Å². The molecule has 0 atom stereocenters. The summed E-state index contributed by atoms with van der Waals surface area (Å²) in [5.41, 5.74) is 2.91. The third kappa shape index (κ3) is 4.05. The van der Waals surface area contributed by atoms with Gasteiger partial charge in [-0.15, -0.1) is 0 Å². The minimum Gasteiger partial charge on any atom is -0.378 e. The molecule has 2 aliphatic rings. The fourth-order valence-electron chi connectivity index (χ4n) is 4.35. The Bertz CT molecular complexity index is 931. The Morgan fingerprint density at radius 1 is 1.37 bits per heavy atom. The van der Waals surface area contributed by atoms with E-state index in [0.29, 0.717) is 13.2 Å². The molecule has 2 fully saturated rings. The third-order valence-corrected chi connectivity index (χ3v) is 6.27. The van der Waals surface area contributed by atoms with E-state index in [1.165, 1.54) is 5.57 Å². The molecule has 0 aromatic carbocycles. The molecular weight excluding hydrogens is 376 g/mol. The first-order valence-electron chi connectivity index (χ1n) is 10.9. The number of ether oxygens (including phenoxy) is 1. The molecule has 4 rings (SSSR count). The minimum absolute atomic E-state index is 0.464. The molecule has 158 valence electrons. The maximum Gasteiger partial charge on any atom is 0.141 e. The van der Waals surface area contributed by atoms with Crippen LogP contribution in [0.4, 0.5) is 17.5 Å². The molecule has 2 aromatic heterocycles. The second-order valence-electron chi connectivity index (χ2n) is 8.23. The van der Waals surface area contributed by atoms with Crippen LogP contribution in [-0.4, -0.2) is 41.5 Å². The number of nitrogens with one attached hydrogen (secondary N) is 2. The first kappa shape index (κ1) is 20.4. The number of nitriles is 1. The lowest BCUT2D eigenvalue weighted by Gasteiger charge is -2.31. The largest absolute Gasteiger partial charge is 0.378 e. The standard InChI is InChI=1S/C23H30N6O/c1-3-17(2)14-18-19(23(16-24)7-4-5-8-23)15-21(29-10-12-30-13-11-29)27-22(18)26-20-6-9-25-28-20/h6,9,14-15H,3-5,7-8,10-13H2,1-2H3,(H2,25,26,27,28). The van der Waals surface area contributed by atoms with Gasteiger partial charge < -0.3 is 15.0 Å². The van der Waals surface area contributed by atoms with Crippen molar-refractivity contribution >= 4 is 23.5 Å². The van der Waals surface area contributed by atoms with Crippen LogP contribution in [0.15, 0.2) is 23.9 Å². The summed E-state index contributed by atoms with van der Waals surface area (Å²) in [5, 5.41) is 20.7. The van der Waals surface area contributed by atoms with Crippen molar-refractivity contribution in [3.05, 3.63) is 35.0 Å². The maximum atomic E-state index is 10.3. The van der Waals surface area contributed by atoms with Crippen LogP contribution >= 0.6 is 0 Å². The van der Waals surface area contributed by atoms with Gasteiger partial charge in [0.15, 0.2) is 0 Å². The van der Waals surface area contributed by atoms with E-state index >= 15 is 0 Å². The van der Waals surface area contributed by atoms with Gasteiger partial charge in [0.25, 0.3) is 0 Å². The quantitative estimate of drug-likeness (QED) is 0.732. The molecule has 0 bridgehead atoms. The second-order valence-corrected chi connectivity index (χ2v) is 8.23.